The van der Waals surface area contributed by atoms with Gasteiger partial charge in [-0.15, -0.1) is 0 Å². The Kier molecular flexibility index (Phi) is 42.4. The third-order valence-electron chi connectivity index (χ3n) is 10.3. The van der Waals surface area contributed by atoms with Crippen LogP contribution in [0.1, 0.15) is 232 Å². The van der Waals surface area contributed by atoms with Gasteiger partial charge in [0.05, 0.1) is 18.8 Å². The zero-order chi connectivity index (χ0) is 37.8. The van der Waals surface area contributed by atoms with E-state index in [1.54, 1.807) is 6.08 Å². The molecule has 0 fully saturated rings. The van der Waals surface area contributed by atoms with E-state index in [0.29, 0.717) is 6.42 Å². The summed E-state index contributed by atoms with van der Waals surface area (Å²) in [6.07, 6.45) is 59.5. The van der Waals surface area contributed by atoms with E-state index in [0.717, 1.165) is 51.4 Å². The summed E-state index contributed by atoms with van der Waals surface area (Å²) in [6.45, 7) is 4.23. The number of rotatable bonds is 41. The lowest BCUT2D eigenvalue weighted by molar-refractivity contribution is -0.123. The Morgan fingerprint density at radius 2 is 0.846 bits per heavy atom. The quantitative estimate of drug-likeness (QED) is 0.0434. The van der Waals surface area contributed by atoms with Gasteiger partial charge in [-0.05, 0) is 57.8 Å². The number of amides is 1. The summed E-state index contributed by atoms with van der Waals surface area (Å²) in [5.41, 5.74) is 0. The second-order valence-corrected chi connectivity index (χ2v) is 15.5. The van der Waals surface area contributed by atoms with Crippen LogP contribution in [0.25, 0.3) is 0 Å². The van der Waals surface area contributed by atoms with Crippen LogP contribution in [0, 0.1) is 0 Å². The van der Waals surface area contributed by atoms with Crippen LogP contribution in [-0.4, -0.2) is 34.9 Å². The van der Waals surface area contributed by atoms with Gasteiger partial charge in [0.2, 0.25) is 5.91 Å². The average Bonchev–Trinajstić information content (AvgIpc) is 3.15. The maximum absolute atomic E-state index is 12.3. The van der Waals surface area contributed by atoms with E-state index in [4.69, 9.17) is 0 Å². The molecule has 2 atom stereocenters. The number of allylic oxidation sites excluding steroid dienone is 7. The molecule has 0 aliphatic carbocycles. The molecule has 3 N–H and O–H groups in total. The summed E-state index contributed by atoms with van der Waals surface area (Å²) in [4.78, 5) is 12.3. The third kappa shape index (κ3) is 39.6. The second-order valence-electron chi connectivity index (χ2n) is 15.5. The molecule has 0 spiro atoms. The minimum atomic E-state index is -0.868. The van der Waals surface area contributed by atoms with Gasteiger partial charge in [0.25, 0.3) is 0 Å². The standard InChI is InChI=1S/C48H89NO3/c1-3-5-7-9-11-13-15-17-18-19-20-21-22-23-24-25-26-27-28-29-30-32-33-35-37-39-41-43-47(51)46(45-50)49-48(52)44-42-40-38-36-34-31-16-14-12-10-8-6-4-2/h8,10,14,16,33,35,41,43,46-47,50-51H,3-7,9,11-13,15,17-32,34,36-40,42,44-45H2,1-2H3,(H,49,52)/b10-8-,16-14-,35-33+,43-41+. The zero-order valence-electron chi connectivity index (χ0n) is 34.8. The monoisotopic (exact) mass is 728 g/mol. The molecule has 4 nitrogen and oxygen atoms in total. The Morgan fingerprint density at radius 3 is 1.31 bits per heavy atom. The molecule has 304 valence electrons. The first-order valence-electron chi connectivity index (χ1n) is 22.9. The van der Waals surface area contributed by atoms with Crippen LogP contribution < -0.4 is 5.32 Å². The van der Waals surface area contributed by atoms with Gasteiger partial charge in [-0.25, -0.2) is 0 Å². The first kappa shape index (κ1) is 50.4. The summed E-state index contributed by atoms with van der Waals surface area (Å²) in [5, 5.41) is 23.0. The van der Waals surface area contributed by atoms with E-state index in [-0.39, 0.29) is 12.5 Å². The number of hydrogen-bond donors (Lipinski definition) is 3. The lowest BCUT2D eigenvalue weighted by Gasteiger charge is -2.19. The van der Waals surface area contributed by atoms with Gasteiger partial charge in [0, 0.05) is 6.42 Å². The number of carbonyl (C=O) groups excluding carboxylic acids is 1. The van der Waals surface area contributed by atoms with Crippen LogP contribution in [0.3, 0.4) is 0 Å². The van der Waals surface area contributed by atoms with Crippen LogP contribution in [0.4, 0.5) is 0 Å². The third-order valence-corrected chi connectivity index (χ3v) is 10.3. The molecule has 0 aliphatic heterocycles. The average molecular weight is 728 g/mol. The second kappa shape index (κ2) is 43.8. The minimum absolute atomic E-state index is 0.0892. The highest BCUT2D eigenvalue weighted by Crippen LogP contribution is 2.16. The van der Waals surface area contributed by atoms with Crippen LogP contribution in [-0.2, 0) is 4.79 Å². The molecule has 0 aromatic heterocycles. The summed E-state index contributed by atoms with van der Waals surface area (Å²) in [5.74, 6) is -0.0892. The highest BCUT2D eigenvalue weighted by atomic mass is 16.3. The fraction of sp³-hybridized carbons (Fsp3) is 0.812. The Labute approximate surface area is 324 Å². The first-order valence-corrected chi connectivity index (χ1v) is 22.9. The maximum atomic E-state index is 12.3. The van der Waals surface area contributed by atoms with Gasteiger partial charge >= 0.3 is 0 Å². The van der Waals surface area contributed by atoms with Crippen molar-refractivity contribution in [3.05, 3.63) is 48.6 Å². The molecular weight excluding hydrogens is 639 g/mol. The number of unbranched alkanes of at least 4 members (excludes halogenated alkanes) is 28. The molecule has 0 aliphatic rings. The normalized spacial score (nSPS) is 13.4. The van der Waals surface area contributed by atoms with Gasteiger partial charge in [-0.3, -0.25) is 4.79 Å². The Balaban J connectivity index is 3.56. The van der Waals surface area contributed by atoms with E-state index < -0.39 is 12.1 Å². The van der Waals surface area contributed by atoms with Gasteiger partial charge in [-0.1, -0.05) is 217 Å². The molecule has 0 aromatic rings. The molecule has 0 saturated heterocycles. The molecule has 0 rings (SSSR count). The number of aliphatic hydroxyl groups excluding tert-OH is 2. The smallest absolute Gasteiger partial charge is 0.220 e. The molecule has 0 radical (unpaired) electrons. The predicted molar refractivity (Wildman–Crippen MR) is 230 cm³/mol. The molecule has 1 amide bonds. The van der Waals surface area contributed by atoms with Gasteiger partial charge in [0.1, 0.15) is 0 Å². The largest absolute Gasteiger partial charge is 0.394 e. The van der Waals surface area contributed by atoms with Crippen LogP contribution in [0.5, 0.6) is 0 Å². The fourth-order valence-electron chi connectivity index (χ4n) is 6.76. The molecule has 0 bridgehead atoms. The molecule has 0 heterocycles. The predicted octanol–water partition coefficient (Wildman–Crippen LogP) is 14.4. The van der Waals surface area contributed by atoms with E-state index >= 15 is 0 Å². The van der Waals surface area contributed by atoms with E-state index in [1.165, 1.54) is 161 Å². The molecule has 2 unspecified atom stereocenters. The summed E-state index contributed by atoms with van der Waals surface area (Å²) < 4.78 is 0. The lowest BCUT2D eigenvalue weighted by atomic mass is 10.0. The highest BCUT2D eigenvalue weighted by molar-refractivity contribution is 5.76. The number of aliphatic hydroxyl groups is 2. The summed E-state index contributed by atoms with van der Waals surface area (Å²) in [6, 6.07) is -0.646. The SMILES string of the molecule is CCC/C=C\C/C=C\CCCCCCCC(=O)NC(CO)C(O)/C=C/CC/C=C/CCCCCCCCCCCCCCCCCCCCCCC. The molecular formula is C48H89NO3. The maximum Gasteiger partial charge on any atom is 0.220 e. The first-order chi connectivity index (χ1) is 25.7. The van der Waals surface area contributed by atoms with Crippen molar-refractivity contribution in [2.24, 2.45) is 0 Å². The molecule has 52 heavy (non-hydrogen) atoms. The Bertz CT molecular complexity index is 831. The van der Waals surface area contributed by atoms with Crippen molar-refractivity contribution >= 4 is 5.91 Å². The zero-order valence-corrected chi connectivity index (χ0v) is 34.8. The van der Waals surface area contributed by atoms with Crippen molar-refractivity contribution in [3.8, 4) is 0 Å². The van der Waals surface area contributed by atoms with Gasteiger partial charge in [-0.2, -0.15) is 0 Å². The number of nitrogens with one attached hydrogen (secondary N) is 1. The van der Waals surface area contributed by atoms with Gasteiger partial charge < -0.3 is 15.5 Å². The van der Waals surface area contributed by atoms with Crippen LogP contribution in [0.15, 0.2) is 48.6 Å². The molecule has 4 heteroatoms. The summed E-state index contributed by atoms with van der Waals surface area (Å²) >= 11 is 0. The lowest BCUT2D eigenvalue weighted by Crippen LogP contribution is -2.45. The van der Waals surface area contributed by atoms with Crippen molar-refractivity contribution < 1.29 is 15.0 Å². The van der Waals surface area contributed by atoms with Crippen molar-refractivity contribution in [1.29, 1.82) is 0 Å². The Hall–Kier alpha value is -1.65. The van der Waals surface area contributed by atoms with Crippen LogP contribution in [0.2, 0.25) is 0 Å². The van der Waals surface area contributed by atoms with E-state index in [2.05, 4.69) is 55.6 Å². The minimum Gasteiger partial charge on any atom is -0.394 e. The fourth-order valence-corrected chi connectivity index (χ4v) is 6.76. The van der Waals surface area contributed by atoms with Crippen molar-refractivity contribution in [3.63, 3.8) is 0 Å². The Morgan fingerprint density at radius 1 is 0.462 bits per heavy atom. The van der Waals surface area contributed by atoms with Crippen molar-refractivity contribution in [1.82, 2.24) is 5.32 Å². The number of hydrogen-bond acceptors (Lipinski definition) is 3. The molecule has 0 saturated carbocycles. The topological polar surface area (TPSA) is 69.6 Å². The molecule has 0 aromatic carbocycles. The van der Waals surface area contributed by atoms with E-state index in [1.807, 2.05) is 6.08 Å². The highest BCUT2D eigenvalue weighted by Gasteiger charge is 2.17. The summed E-state index contributed by atoms with van der Waals surface area (Å²) in [7, 11) is 0. The van der Waals surface area contributed by atoms with E-state index in [9.17, 15) is 15.0 Å². The van der Waals surface area contributed by atoms with Crippen LogP contribution >= 0.6 is 0 Å². The van der Waals surface area contributed by atoms with Crippen molar-refractivity contribution in [2.75, 3.05) is 6.61 Å². The number of carbonyl (C=O) groups is 1. The van der Waals surface area contributed by atoms with Crippen molar-refractivity contribution in [2.45, 2.75) is 244 Å². The van der Waals surface area contributed by atoms with Gasteiger partial charge in [0.15, 0.2) is 0 Å².